The van der Waals surface area contributed by atoms with Crippen LogP contribution in [0.3, 0.4) is 0 Å². The summed E-state index contributed by atoms with van der Waals surface area (Å²) in [4.78, 5) is 40.2. The second-order valence-electron chi connectivity index (χ2n) is 7.89. The quantitative estimate of drug-likeness (QED) is 0.478. The SMILES string of the molecule is Cc1cccc(NC(=O)CC2C(=O)N(c3ccc(F)cc3)C(=S)N2NC(=O)c2ccc(Cl)cc2)c1. The van der Waals surface area contributed by atoms with Crippen LogP contribution < -0.4 is 15.6 Å². The summed E-state index contributed by atoms with van der Waals surface area (Å²) >= 11 is 11.4. The average Bonchev–Trinajstić information content (AvgIpc) is 3.04. The highest BCUT2D eigenvalue weighted by molar-refractivity contribution is 7.80. The highest BCUT2D eigenvalue weighted by Gasteiger charge is 2.45. The van der Waals surface area contributed by atoms with Crippen molar-refractivity contribution in [1.29, 1.82) is 0 Å². The Morgan fingerprint density at radius 1 is 1.06 bits per heavy atom. The van der Waals surface area contributed by atoms with Crippen LogP contribution in [0.1, 0.15) is 22.3 Å². The number of amides is 3. The first-order valence-corrected chi connectivity index (χ1v) is 11.4. The van der Waals surface area contributed by atoms with Crippen LogP contribution in [0.5, 0.6) is 0 Å². The first-order valence-electron chi connectivity index (χ1n) is 10.6. The van der Waals surface area contributed by atoms with E-state index in [0.717, 1.165) is 5.56 Å². The van der Waals surface area contributed by atoms with E-state index in [1.54, 1.807) is 30.3 Å². The van der Waals surface area contributed by atoms with Gasteiger partial charge in [-0.1, -0.05) is 23.7 Å². The summed E-state index contributed by atoms with van der Waals surface area (Å²) in [6.45, 7) is 1.89. The number of nitrogens with zero attached hydrogens (tertiary/aromatic N) is 2. The second-order valence-corrected chi connectivity index (χ2v) is 8.69. The summed E-state index contributed by atoms with van der Waals surface area (Å²) in [5, 5.41) is 4.37. The number of benzene rings is 3. The van der Waals surface area contributed by atoms with E-state index < -0.39 is 29.6 Å². The zero-order valence-corrected chi connectivity index (χ0v) is 20.1. The molecule has 178 valence electrons. The number of halogens is 2. The number of anilines is 2. The number of hydrogen-bond acceptors (Lipinski definition) is 4. The van der Waals surface area contributed by atoms with Crippen molar-refractivity contribution in [3.05, 3.63) is 94.8 Å². The molecular formula is C25H20ClFN4O3S. The average molecular weight is 511 g/mol. The minimum Gasteiger partial charge on any atom is -0.326 e. The summed E-state index contributed by atoms with van der Waals surface area (Å²) in [5.74, 6) is -1.99. The van der Waals surface area contributed by atoms with Crippen LogP contribution in [0.25, 0.3) is 0 Å². The second kappa shape index (κ2) is 10.2. The van der Waals surface area contributed by atoms with Gasteiger partial charge in [-0.2, -0.15) is 0 Å². The van der Waals surface area contributed by atoms with Gasteiger partial charge in [0.25, 0.3) is 11.8 Å². The van der Waals surface area contributed by atoms with Crippen molar-refractivity contribution < 1.29 is 18.8 Å². The third-order valence-corrected chi connectivity index (χ3v) is 5.94. The van der Waals surface area contributed by atoms with E-state index >= 15 is 0 Å². The highest BCUT2D eigenvalue weighted by Crippen LogP contribution is 2.27. The number of aryl methyl sites for hydroxylation is 1. The Kier molecular flexibility index (Phi) is 7.09. The zero-order valence-electron chi connectivity index (χ0n) is 18.5. The molecule has 0 aromatic heterocycles. The number of hydrogen-bond donors (Lipinski definition) is 2. The molecule has 1 aliphatic rings. The molecule has 0 radical (unpaired) electrons. The number of thiocarbonyl (C=S) groups is 1. The van der Waals surface area contributed by atoms with Gasteiger partial charge in [0, 0.05) is 16.3 Å². The van der Waals surface area contributed by atoms with Crippen LogP contribution in [0.2, 0.25) is 5.02 Å². The first kappa shape index (κ1) is 24.3. The van der Waals surface area contributed by atoms with E-state index in [9.17, 15) is 18.8 Å². The van der Waals surface area contributed by atoms with E-state index in [2.05, 4.69) is 10.7 Å². The van der Waals surface area contributed by atoms with E-state index in [-0.39, 0.29) is 17.1 Å². The Hall–Kier alpha value is -3.82. The number of nitrogens with one attached hydrogen (secondary N) is 2. The molecule has 10 heteroatoms. The van der Waals surface area contributed by atoms with Gasteiger partial charge in [0.2, 0.25) is 11.0 Å². The molecule has 1 unspecified atom stereocenters. The van der Waals surface area contributed by atoms with Crippen molar-refractivity contribution in [2.24, 2.45) is 0 Å². The molecule has 7 nitrogen and oxygen atoms in total. The predicted octanol–water partition coefficient (Wildman–Crippen LogP) is 4.46. The van der Waals surface area contributed by atoms with Crippen LogP contribution in [0.4, 0.5) is 15.8 Å². The van der Waals surface area contributed by atoms with E-state index in [0.29, 0.717) is 16.4 Å². The minimum absolute atomic E-state index is 0.0442. The fraction of sp³-hybridized carbons (Fsp3) is 0.120. The van der Waals surface area contributed by atoms with Crippen molar-refractivity contribution in [2.45, 2.75) is 19.4 Å². The molecule has 1 heterocycles. The summed E-state index contributed by atoms with van der Waals surface area (Å²) in [6.07, 6.45) is -0.286. The van der Waals surface area contributed by atoms with Gasteiger partial charge in [-0.25, -0.2) is 9.40 Å². The van der Waals surface area contributed by atoms with Gasteiger partial charge in [-0.3, -0.25) is 24.7 Å². The topological polar surface area (TPSA) is 81.8 Å². The van der Waals surface area contributed by atoms with Gasteiger partial charge in [0.1, 0.15) is 11.9 Å². The molecular weight excluding hydrogens is 491 g/mol. The van der Waals surface area contributed by atoms with Crippen LogP contribution in [-0.4, -0.2) is 33.9 Å². The molecule has 0 spiro atoms. The molecule has 2 N–H and O–H groups in total. The van der Waals surface area contributed by atoms with Crippen molar-refractivity contribution in [1.82, 2.24) is 10.4 Å². The van der Waals surface area contributed by atoms with Crippen LogP contribution in [0, 0.1) is 12.7 Å². The number of carbonyl (C=O) groups excluding carboxylic acids is 3. The molecule has 3 amide bonds. The number of carbonyl (C=O) groups is 3. The summed E-state index contributed by atoms with van der Waals surface area (Å²) in [7, 11) is 0. The maximum absolute atomic E-state index is 13.5. The normalized spacial score (nSPS) is 15.3. The Labute approximate surface area is 211 Å². The molecule has 0 bridgehead atoms. The monoisotopic (exact) mass is 510 g/mol. The fourth-order valence-electron chi connectivity index (χ4n) is 3.61. The van der Waals surface area contributed by atoms with E-state index in [1.807, 2.05) is 13.0 Å². The molecule has 4 rings (SSSR count). The molecule has 35 heavy (non-hydrogen) atoms. The lowest BCUT2D eigenvalue weighted by Gasteiger charge is -2.24. The molecule has 3 aromatic rings. The van der Waals surface area contributed by atoms with Crippen LogP contribution in [-0.2, 0) is 9.59 Å². The zero-order chi connectivity index (χ0) is 25.1. The smallest absolute Gasteiger partial charge is 0.269 e. The standard InChI is InChI=1S/C25H20ClFN4O3S/c1-15-3-2-4-19(13-15)28-22(32)14-21-24(34)30(20-11-9-18(27)10-12-20)25(35)31(21)29-23(33)16-5-7-17(26)8-6-16/h2-13,21H,14H2,1H3,(H,28,32)(H,29,33). The van der Waals surface area contributed by atoms with Gasteiger partial charge in [-0.15, -0.1) is 0 Å². The number of hydrazine groups is 1. The third kappa shape index (κ3) is 5.47. The van der Waals surface area contributed by atoms with Crippen molar-refractivity contribution in [3.8, 4) is 0 Å². The van der Waals surface area contributed by atoms with Gasteiger partial charge < -0.3 is 5.32 Å². The van der Waals surface area contributed by atoms with Gasteiger partial charge in [-0.05, 0) is 85.4 Å². The lowest BCUT2D eigenvalue weighted by Crippen LogP contribution is -2.49. The largest absolute Gasteiger partial charge is 0.326 e. The molecule has 1 saturated heterocycles. The Bertz CT molecular complexity index is 1300. The Morgan fingerprint density at radius 3 is 2.40 bits per heavy atom. The number of rotatable bonds is 6. The Balaban J connectivity index is 1.60. The highest BCUT2D eigenvalue weighted by atomic mass is 35.5. The molecule has 1 fully saturated rings. The molecule has 0 saturated carbocycles. The summed E-state index contributed by atoms with van der Waals surface area (Å²) < 4.78 is 13.5. The van der Waals surface area contributed by atoms with Crippen molar-refractivity contribution in [3.63, 3.8) is 0 Å². The third-order valence-electron chi connectivity index (χ3n) is 5.31. The molecule has 1 aliphatic heterocycles. The maximum atomic E-state index is 13.5. The van der Waals surface area contributed by atoms with Crippen molar-refractivity contribution >= 4 is 58.0 Å². The summed E-state index contributed by atoms with van der Waals surface area (Å²) in [5.41, 5.74) is 4.76. The maximum Gasteiger partial charge on any atom is 0.269 e. The van der Waals surface area contributed by atoms with E-state index in [4.69, 9.17) is 23.8 Å². The fourth-order valence-corrected chi connectivity index (χ4v) is 4.11. The van der Waals surface area contributed by atoms with Gasteiger partial charge >= 0.3 is 0 Å². The molecule has 0 aliphatic carbocycles. The minimum atomic E-state index is -1.12. The lowest BCUT2D eigenvalue weighted by atomic mass is 10.1. The van der Waals surface area contributed by atoms with Gasteiger partial charge in [0.15, 0.2) is 0 Å². The first-order chi connectivity index (χ1) is 16.7. The van der Waals surface area contributed by atoms with E-state index in [1.165, 1.54) is 46.3 Å². The van der Waals surface area contributed by atoms with Crippen LogP contribution in [0.15, 0.2) is 72.8 Å². The van der Waals surface area contributed by atoms with Crippen molar-refractivity contribution in [2.75, 3.05) is 10.2 Å². The predicted molar refractivity (Wildman–Crippen MR) is 135 cm³/mol. The Morgan fingerprint density at radius 2 is 1.74 bits per heavy atom. The van der Waals surface area contributed by atoms with Crippen LogP contribution >= 0.6 is 23.8 Å². The molecule has 1 atom stereocenters. The molecule has 3 aromatic carbocycles. The summed E-state index contributed by atoms with van der Waals surface area (Å²) in [6, 6.07) is 17.4. The lowest BCUT2D eigenvalue weighted by molar-refractivity contribution is -0.124. The van der Waals surface area contributed by atoms with Gasteiger partial charge in [0.05, 0.1) is 12.1 Å².